The minimum atomic E-state index is -0.447. The van der Waals surface area contributed by atoms with Crippen molar-refractivity contribution in [1.29, 1.82) is 0 Å². The summed E-state index contributed by atoms with van der Waals surface area (Å²) in [6, 6.07) is 12.3. The van der Waals surface area contributed by atoms with E-state index in [2.05, 4.69) is 16.8 Å². The molecule has 2 aromatic carbocycles. The molecule has 0 saturated carbocycles. The van der Waals surface area contributed by atoms with Crippen molar-refractivity contribution < 1.29 is 17.9 Å². The van der Waals surface area contributed by atoms with Gasteiger partial charge in [-0.2, -0.15) is 4.98 Å². The van der Waals surface area contributed by atoms with Gasteiger partial charge in [0.25, 0.3) is 0 Å². The number of fused-ring (bicyclic) bond motifs is 1. The Bertz CT molecular complexity index is 1550. The van der Waals surface area contributed by atoms with Crippen LogP contribution in [0.3, 0.4) is 0 Å². The van der Waals surface area contributed by atoms with E-state index in [1.54, 1.807) is 35.9 Å². The van der Waals surface area contributed by atoms with Gasteiger partial charge in [-0.3, -0.25) is 9.47 Å². The van der Waals surface area contributed by atoms with Crippen molar-refractivity contribution >= 4 is 16.9 Å². The number of piperazine rings is 1. The summed E-state index contributed by atoms with van der Waals surface area (Å²) in [7, 11) is 1.62. The van der Waals surface area contributed by atoms with Gasteiger partial charge in [-0.15, -0.1) is 0 Å². The number of hydrogen-bond donors (Lipinski definition) is 0. The van der Waals surface area contributed by atoms with Crippen LogP contribution >= 0.6 is 0 Å². The van der Waals surface area contributed by atoms with Gasteiger partial charge in [0.2, 0.25) is 0 Å². The molecule has 2 saturated heterocycles. The Morgan fingerprint density at radius 3 is 2.17 bits per heavy atom. The molecule has 0 bridgehead atoms. The Morgan fingerprint density at radius 2 is 1.59 bits per heavy atom. The van der Waals surface area contributed by atoms with Crippen LogP contribution in [-0.4, -0.2) is 56.9 Å². The summed E-state index contributed by atoms with van der Waals surface area (Å²) >= 11 is 0. The van der Waals surface area contributed by atoms with Gasteiger partial charge < -0.3 is 14.2 Å². The third-order valence-corrected chi connectivity index (χ3v) is 8.47. The fourth-order valence-corrected chi connectivity index (χ4v) is 6.42. The number of nitrogens with zero attached hydrogens (tertiary/aromatic N) is 5. The van der Waals surface area contributed by atoms with Crippen molar-refractivity contribution in [3.8, 4) is 0 Å². The maximum absolute atomic E-state index is 15.6. The molecule has 2 aliphatic heterocycles. The Morgan fingerprint density at radius 1 is 0.951 bits per heavy atom. The fraction of sp³-hybridized carbons (Fsp3) is 0.419. The molecule has 7 nitrogen and oxygen atoms in total. The van der Waals surface area contributed by atoms with Gasteiger partial charge in [0.05, 0.1) is 24.1 Å². The lowest BCUT2D eigenvalue weighted by atomic mass is 9.93. The van der Waals surface area contributed by atoms with Crippen molar-refractivity contribution in [2.75, 3.05) is 24.6 Å². The number of anilines is 1. The molecule has 41 heavy (non-hydrogen) atoms. The molecule has 4 heterocycles. The summed E-state index contributed by atoms with van der Waals surface area (Å²) < 4.78 is 52.2. The molecule has 2 aromatic heterocycles. The molecule has 2 fully saturated rings. The lowest BCUT2D eigenvalue weighted by molar-refractivity contribution is 0.0977. The highest BCUT2D eigenvalue weighted by Gasteiger charge is 2.37. The Balaban J connectivity index is 1.37. The van der Waals surface area contributed by atoms with E-state index in [9.17, 15) is 13.6 Å². The maximum atomic E-state index is 15.6. The molecule has 216 valence electrons. The molecule has 0 aliphatic carbocycles. The minimum absolute atomic E-state index is 0.0194. The highest BCUT2D eigenvalue weighted by molar-refractivity contribution is 5.89. The zero-order valence-corrected chi connectivity index (χ0v) is 23.4. The van der Waals surface area contributed by atoms with Crippen molar-refractivity contribution in [2.45, 2.75) is 57.5 Å². The van der Waals surface area contributed by atoms with E-state index in [1.165, 1.54) is 35.0 Å². The average Bonchev–Trinajstić information content (AvgIpc) is 3.58. The van der Waals surface area contributed by atoms with Crippen LogP contribution in [0.2, 0.25) is 0 Å². The zero-order chi connectivity index (χ0) is 28.8. The van der Waals surface area contributed by atoms with Gasteiger partial charge in [0, 0.05) is 45.0 Å². The van der Waals surface area contributed by atoms with E-state index in [4.69, 9.17) is 4.74 Å². The maximum Gasteiger partial charge on any atom is 0.350 e. The molecule has 0 unspecified atom stereocenters. The molecule has 0 amide bonds. The summed E-state index contributed by atoms with van der Waals surface area (Å²) in [5, 5.41) is 0.325. The monoisotopic (exact) mass is 565 g/mol. The van der Waals surface area contributed by atoms with Crippen LogP contribution in [0.4, 0.5) is 19.0 Å². The first-order valence-electron chi connectivity index (χ1n) is 14.1. The van der Waals surface area contributed by atoms with Crippen molar-refractivity contribution in [3.05, 3.63) is 93.8 Å². The normalized spacial score (nSPS) is 21.8. The molecule has 10 heteroatoms. The van der Waals surface area contributed by atoms with Gasteiger partial charge >= 0.3 is 5.69 Å². The second-order valence-electron chi connectivity index (χ2n) is 11.3. The Labute approximate surface area is 236 Å². The standard InChI is InChI=1S/C31H34F3N5O2/c1-19-16-39(29-27-26(34)18-37(17-25-5-4-14-41-25)30(27)36(3)31(40)35-29)20(2)15-38(19)28(21-6-10-23(32)11-7-21)22-8-12-24(33)13-9-22/h6-13,18-20,25,28H,4-5,14-17H2,1-3H3/t19-,20+,25+/m1/s1. The summed E-state index contributed by atoms with van der Waals surface area (Å²) in [5.74, 6) is -0.737. The molecular formula is C31H34F3N5O2. The fourth-order valence-electron chi connectivity index (χ4n) is 6.42. The van der Waals surface area contributed by atoms with E-state index >= 15 is 4.39 Å². The van der Waals surface area contributed by atoms with Gasteiger partial charge in [-0.1, -0.05) is 24.3 Å². The predicted octanol–water partition coefficient (Wildman–Crippen LogP) is 5.02. The van der Waals surface area contributed by atoms with Crippen LogP contribution in [-0.2, 0) is 18.3 Å². The zero-order valence-electron chi connectivity index (χ0n) is 23.4. The third kappa shape index (κ3) is 5.15. The average molecular weight is 566 g/mol. The molecule has 0 N–H and O–H groups in total. The van der Waals surface area contributed by atoms with Crippen LogP contribution in [0.15, 0.2) is 59.5 Å². The Kier molecular flexibility index (Phi) is 7.37. The molecule has 4 aromatic rings. The van der Waals surface area contributed by atoms with Crippen LogP contribution < -0.4 is 10.6 Å². The number of benzene rings is 2. The summed E-state index contributed by atoms with van der Waals surface area (Å²) in [5.41, 5.74) is 1.82. The number of aryl methyl sites for hydroxylation is 1. The number of ether oxygens (including phenoxy) is 1. The van der Waals surface area contributed by atoms with Crippen molar-refractivity contribution in [2.24, 2.45) is 7.05 Å². The lowest BCUT2D eigenvalue weighted by Gasteiger charge is -2.48. The SMILES string of the molecule is C[C@@H]1CN(c2nc(=O)n(C)c3c2c(F)cn3C[C@@H]2CCCO2)[C@@H](C)CN1C(c1ccc(F)cc1)c1ccc(F)cc1. The second kappa shape index (κ2) is 11.0. The van der Waals surface area contributed by atoms with E-state index in [1.807, 2.05) is 11.8 Å². The molecule has 3 atom stereocenters. The number of hydrogen-bond acceptors (Lipinski definition) is 5. The van der Waals surface area contributed by atoms with Crippen LogP contribution in [0.1, 0.15) is 43.9 Å². The molecular weight excluding hydrogens is 531 g/mol. The van der Waals surface area contributed by atoms with Crippen molar-refractivity contribution in [3.63, 3.8) is 0 Å². The highest BCUT2D eigenvalue weighted by atomic mass is 19.1. The summed E-state index contributed by atoms with van der Waals surface area (Å²) in [4.78, 5) is 21.7. The van der Waals surface area contributed by atoms with Crippen LogP contribution in [0, 0.1) is 17.5 Å². The largest absolute Gasteiger partial charge is 0.376 e. The predicted molar refractivity (Wildman–Crippen MR) is 152 cm³/mol. The Hall–Kier alpha value is -3.63. The lowest BCUT2D eigenvalue weighted by Crippen LogP contribution is -2.58. The van der Waals surface area contributed by atoms with Gasteiger partial charge in [0.15, 0.2) is 5.82 Å². The number of aromatic nitrogens is 3. The minimum Gasteiger partial charge on any atom is -0.376 e. The second-order valence-corrected chi connectivity index (χ2v) is 11.3. The van der Waals surface area contributed by atoms with Crippen LogP contribution in [0.5, 0.6) is 0 Å². The summed E-state index contributed by atoms with van der Waals surface area (Å²) in [6.07, 6.45) is 3.29. The van der Waals surface area contributed by atoms with E-state index < -0.39 is 11.5 Å². The smallest absolute Gasteiger partial charge is 0.350 e. The first-order chi connectivity index (χ1) is 19.7. The molecule has 0 spiro atoms. The molecule has 2 aliphatic rings. The third-order valence-electron chi connectivity index (χ3n) is 8.47. The van der Waals surface area contributed by atoms with Crippen molar-refractivity contribution in [1.82, 2.24) is 19.0 Å². The molecule has 0 radical (unpaired) electrons. The van der Waals surface area contributed by atoms with Crippen LogP contribution in [0.25, 0.3) is 11.0 Å². The van der Waals surface area contributed by atoms with E-state index in [-0.39, 0.29) is 35.9 Å². The quantitative estimate of drug-likeness (QED) is 0.329. The van der Waals surface area contributed by atoms with Gasteiger partial charge in [0.1, 0.15) is 23.1 Å². The number of rotatable bonds is 6. The topological polar surface area (TPSA) is 55.5 Å². The number of halogens is 3. The first kappa shape index (κ1) is 27.5. The summed E-state index contributed by atoms with van der Waals surface area (Å²) in [6.45, 7) is 6.28. The first-order valence-corrected chi connectivity index (χ1v) is 14.1. The molecule has 6 rings (SSSR count). The highest BCUT2D eigenvalue weighted by Crippen LogP contribution is 2.36. The van der Waals surface area contributed by atoms with E-state index in [0.29, 0.717) is 43.1 Å². The van der Waals surface area contributed by atoms with Gasteiger partial charge in [-0.25, -0.2) is 18.0 Å². The van der Waals surface area contributed by atoms with Gasteiger partial charge in [-0.05, 0) is 62.1 Å². The van der Waals surface area contributed by atoms with E-state index in [0.717, 1.165) is 24.0 Å².